The molecule has 2 fully saturated rings. The van der Waals surface area contributed by atoms with E-state index in [-0.39, 0.29) is 29.5 Å². The van der Waals surface area contributed by atoms with Gasteiger partial charge in [-0.3, -0.25) is 0 Å². The van der Waals surface area contributed by atoms with Gasteiger partial charge in [0.15, 0.2) is 0 Å². The second kappa shape index (κ2) is 5.58. The number of carbonyl (C=O) groups is 1. The van der Waals surface area contributed by atoms with Gasteiger partial charge in [0.25, 0.3) is 0 Å². The van der Waals surface area contributed by atoms with Gasteiger partial charge in [-0.15, -0.1) is 0 Å². The lowest BCUT2D eigenvalue weighted by molar-refractivity contribution is -0.152. The van der Waals surface area contributed by atoms with Crippen molar-refractivity contribution in [2.24, 2.45) is 11.3 Å². The molecule has 1 aromatic carbocycles. The van der Waals surface area contributed by atoms with Crippen LogP contribution in [0, 0.1) is 11.3 Å². The van der Waals surface area contributed by atoms with Crippen molar-refractivity contribution in [1.29, 1.82) is 0 Å². The van der Waals surface area contributed by atoms with Crippen molar-refractivity contribution < 1.29 is 15.0 Å². The van der Waals surface area contributed by atoms with Gasteiger partial charge in [0.05, 0.1) is 30.4 Å². The van der Waals surface area contributed by atoms with Gasteiger partial charge in [0, 0.05) is 17.5 Å². The van der Waals surface area contributed by atoms with Crippen LogP contribution in [0.15, 0.2) is 36.8 Å². The molecule has 3 aliphatic rings. The first-order valence-electron chi connectivity index (χ1n) is 9.38. The van der Waals surface area contributed by atoms with Crippen LogP contribution in [0.3, 0.4) is 0 Å². The van der Waals surface area contributed by atoms with Crippen molar-refractivity contribution >= 4 is 6.09 Å². The number of nitrogens with one attached hydrogen (secondary N) is 1. The lowest BCUT2D eigenvalue weighted by atomic mass is 9.51. The third-order valence-corrected chi connectivity index (χ3v) is 6.91. The normalized spacial score (nSPS) is 34.8. The molecule has 5 rings (SSSR count). The molecule has 26 heavy (non-hydrogen) atoms. The summed E-state index contributed by atoms with van der Waals surface area (Å²) in [5.41, 5.74) is 3.59. The maximum absolute atomic E-state index is 11.1. The SMILES string of the molecule is O=C(O)NC1CCC2(CC1)C[C@H]([C@H]1c3ccccc3-c3cncn31)[C@@H]2O. The smallest absolute Gasteiger partial charge is 0.404 e. The molecule has 2 heterocycles. The van der Waals surface area contributed by atoms with Crippen LogP contribution in [-0.4, -0.2) is 38.0 Å². The fourth-order valence-electron chi connectivity index (χ4n) is 5.60. The predicted molar refractivity (Wildman–Crippen MR) is 95.8 cm³/mol. The number of hydrogen-bond donors (Lipinski definition) is 3. The van der Waals surface area contributed by atoms with E-state index in [9.17, 15) is 9.90 Å². The zero-order valence-electron chi connectivity index (χ0n) is 14.5. The molecule has 0 bridgehead atoms. The van der Waals surface area contributed by atoms with Gasteiger partial charge in [-0.05, 0) is 43.1 Å². The zero-order valence-corrected chi connectivity index (χ0v) is 14.5. The first-order chi connectivity index (χ1) is 12.6. The number of benzene rings is 1. The number of amides is 1. The highest BCUT2D eigenvalue weighted by Crippen LogP contribution is 2.60. The molecule has 6 nitrogen and oxygen atoms in total. The minimum atomic E-state index is -0.951. The topological polar surface area (TPSA) is 87.4 Å². The Labute approximate surface area is 151 Å². The van der Waals surface area contributed by atoms with Gasteiger partial charge in [-0.1, -0.05) is 24.3 Å². The summed E-state index contributed by atoms with van der Waals surface area (Å²) in [6.45, 7) is 0. The summed E-state index contributed by atoms with van der Waals surface area (Å²) >= 11 is 0. The summed E-state index contributed by atoms with van der Waals surface area (Å²) in [4.78, 5) is 15.2. The third-order valence-electron chi connectivity index (χ3n) is 6.91. The fraction of sp³-hybridized carbons (Fsp3) is 0.500. The van der Waals surface area contributed by atoms with Crippen LogP contribution >= 0.6 is 0 Å². The van der Waals surface area contributed by atoms with Gasteiger partial charge >= 0.3 is 6.09 Å². The Hall–Kier alpha value is -2.34. The van der Waals surface area contributed by atoms with E-state index in [1.807, 2.05) is 18.6 Å². The minimum absolute atomic E-state index is 0.0248. The number of imidazole rings is 1. The van der Waals surface area contributed by atoms with E-state index in [0.29, 0.717) is 0 Å². The summed E-state index contributed by atoms with van der Waals surface area (Å²) in [5.74, 6) is 0.190. The molecule has 0 saturated heterocycles. The van der Waals surface area contributed by atoms with Gasteiger partial charge < -0.3 is 20.1 Å². The van der Waals surface area contributed by atoms with Gasteiger partial charge in [0.2, 0.25) is 0 Å². The summed E-state index contributed by atoms with van der Waals surface area (Å²) in [7, 11) is 0. The van der Waals surface area contributed by atoms with Gasteiger partial charge in [-0.2, -0.15) is 0 Å². The van der Waals surface area contributed by atoms with Crippen molar-refractivity contribution in [3.8, 4) is 11.3 Å². The minimum Gasteiger partial charge on any atom is -0.465 e. The Morgan fingerprint density at radius 3 is 2.77 bits per heavy atom. The first kappa shape index (κ1) is 15.9. The maximum Gasteiger partial charge on any atom is 0.404 e. The molecule has 1 aromatic heterocycles. The standard InChI is InChI=1S/C20H23N3O3/c24-18-15(9-20(18)7-5-12(6-8-20)22-19(25)26)17-14-4-2-1-3-13(14)16-10-21-11-23(16)17/h1-4,10-12,15,17-18,22,24H,5-9H2,(H,25,26)/t12?,15-,17-,18+,20?/m1/s1. The maximum atomic E-state index is 11.1. The van der Waals surface area contributed by atoms with Crippen molar-refractivity contribution in [3.05, 3.63) is 42.4 Å². The number of hydrogen-bond acceptors (Lipinski definition) is 3. The van der Waals surface area contributed by atoms with Crippen LogP contribution in [0.25, 0.3) is 11.3 Å². The summed E-state index contributed by atoms with van der Waals surface area (Å²) < 4.78 is 2.21. The highest BCUT2D eigenvalue weighted by molar-refractivity contribution is 5.69. The van der Waals surface area contributed by atoms with E-state index in [2.05, 4.69) is 33.1 Å². The van der Waals surface area contributed by atoms with Crippen molar-refractivity contribution in [2.45, 2.75) is 50.3 Å². The molecule has 136 valence electrons. The van der Waals surface area contributed by atoms with Crippen LogP contribution in [-0.2, 0) is 0 Å². The molecule has 6 heteroatoms. The first-order valence-corrected chi connectivity index (χ1v) is 9.38. The second-order valence-electron chi connectivity index (χ2n) is 8.12. The van der Waals surface area contributed by atoms with Crippen LogP contribution in [0.4, 0.5) is 4.79 Å². The Morgan fingerprint density at radius 1 is 1.27 bits per heavy atom. The molecule has 2 saturated carbocycles. The predicted octanol–water partition coefficient (Wildman–Crippen LogP) is 3.03. The van der Waals surface area contributed by atoms with Crippen molar-refractivity contribution in [1.82, 2.24) is 14.9 Å². The van der Waals surface area contributed by atoms with Crippen molar-refractivity contribution in [2.75, 3.05) is 0 Å². The number of rotatable bonds is 2. The molecular weight excluding hydrogens is 330 g/mol. The molecule has 1 aliphatic heterocycles. The van der Waals surface area contributed by atoms with E-state index < -0.39 is 6.09 Å². The third kappa shape index (κ3) is 2.14. The molecule has 0 unspecified atom stereocenters. The number of aromatic nitrogens is 2. The summed E-state index contributed by atoms with van der Waals surface area (Å²) in [5, 5.41) is 22.6. The van der Waals surface area contributed by atoms with E-state index in [0.717, 1.165) is 37.8 Å². The number of nitrogens with zero attached hydrogens (tertiary/aromatic N) is 2. The number of carboxylic acid groups (broad SMARTS) is 1. The Kier molecular flexibility index (Phi) is 3.41. The molecule has 0 radical (unpaired) electrons. The Balaban J connectivity index is 1.36. The van der Waals surface area contributed by atoms with Crippen molar-refractivity contribution in [3.63, 3.8) is 0 Å². The molecule has 1 spiro atoms. The zero-order chi connectivity index (χ0) is 17.9. The molecule has 2 aromatic rings. The lowest BCUT2D eigenvalue weighted by Gasteiger charge is -2.57. The Bertz CT molecular complexity index is 853. The van der Waals surface area contributed by atoms with E-state index in [1.54, 1.807) is 0 Å². The van der Waals surface area contributed by atoms with Crippen LogP contribution in [0.2, 0.25) is 0 Å². The van der Waals surface area contributed by atoms with E-state index in [1.165, 1.54) is 11.1 Å². The molecule has 2 aliphatic carbocycles. The molecule has 3 N–H and O–H groups in total. The van der Waals surface area contributed by atoms with Crippen LogP contribution in [0.5, 0.6) is 0 Å². The van der Waals surface area contributed by atoms with Gasteiger partial charge in [0.1, 0.15) is 0 Å². The number of aliphatic hydroxyl groups is 1. The van der Waals surface area contributed by atoms with E-state index in [4.69, 9.17) is 5.11 Å². The lowest BCUT2D eigenvalue weighted by Crippen LogP contribution is -2.57. The quantitative estimate of drug-likeness (QED) is 0.774. The summed E-state index contributed by atoms with van der Waals surface area (Å²) in [6.07, 6.45) is 6.88. The second-order valence-corrected chi connectivity index (χ2v) is 8.12. The van der Waals surface area contributed by atoms with E-state index >= 15 is 0 Å². The Morgan fingerprint density at radius 2 is 2.04 bits per heavy atom. The largest absolute Gasteiger partial charge is 0.465 e. The van der Waals surface area contributed by atoms with Crippen LogP contribution < -0.4 is 5.32 Å². The molecular formula is C20H23N3O3. The van der Waals surface area contributed by atoms with Gasteiger partial charge in [-0.25, -0.2) is 9.78 Å². The number of fused-ring (bicyclic) bond motifs is 3. The molecule has 1 amide bonds. The average Bonchev–Trinajstić information content (AvgIpc) is 3.22. The average molecular weight is 353 g/mol. The highest BCUT2D eigenvalue weighted by Gasteiger charge is 2.57. The monoisotopic (exact) mass is 353 g/mol. The molecule has 3 atom stereocenters. The highest BCUT2D eigenvalue weighted by atomic mass is 16.4. The summed E-state index contributed by atoms with van der Waals surface area (Å²) in [6, 6.07) is 8.59. The van der Waals surface area contributed by atoms with Crippen LogP contribution in [0.1, 0.15) is 43.7 Å². The fourth-order valence-corrected chi connectivity index (χ4v) is 5.60. The number of aliphatic hydroxyl groups excluding tert-OH is 1.